The molecule has 1 atom stereocenters. The predicted octanol–water partition coefficient (Wildman–Crippen LogP) is 0.606. The minimum absolute atomic E-state index is 0.0586. The van der Waals surface area contributed by atoms with E-state index in [4.69, 9.17) is 5.73 Å². The van der Waals surface area contributed by atoms with E-state index in [0.717, 1.165) is 4.88 Å². The Morgan fingerprint density at radius 1 is 1.44 bits per heavy atom. The summed E-state index contributed by atoms with van der Waals surface area (Å²) in [7, 11) is 0. The molecule has 1 rings (SSSR count). The van der Waals surface area contributed by atoms with E-state index in [0.29, 0.717) is 6.54 Å². The average molecular weight is 269 g/mol. The van der Waals surface area contributed by atoms with Gasteiger partial charge in [0.15, 0.2) is 0 Å². The van der Waals surface area contributed by atoms with E-state index >= 15 is 0 Å². The number of carbonyl (C=O) groups is 2. The summed E-state index contributed by atoms with van der Waals surface area (Å²) in [6, 6.07) is 3.32. The first kappa shape index (κ1) is 14.7. The molecule has 100 valence electrons. The largest absolute Gasteiger partial charge is 0.368 e. The first-order chi connectivity index (χ1) is 8.49. The number of nitrogens with two attached hydrogens (primary N) is 1. The van der Waals surface area contributed by atoms with Gasteiger partial charge in [-0.15, -0.1) is 11.3 Å². The van der Waals surface area contributed by atoms with Gasteiger partial charge in [-0.1, -0.05) is 6.07 Å². The van der Waals surface area contributed by atoms with Gasteiger partial charge in [0.1, 0.15) is 0 Å². The molecule has 2 amide bonds. The van der Waals surface area contributed by atoms with Crippen LogP contribution in [0, 0.1) is 0 Å². The Morgan fingerprint density at radius 2 is 2.17 bits per heavy atom. The summed E-state index contributed by atoms with van der Waals surface area (Å²) in [4.78, 5) is 23.9. The van der Waals surface area contributed by atoms with E-state index < -0.39 is 11.9 Å². The summed E-state index contributed by atoms with van der Waals surface area (Å²) in [5, 5.41) is 7.70. The Hall–Kier alpha value is -1.40. The van der Waals surface area contributed by atoms with Crippen LogP contribution in [-0.2, 0) is 16.1 Å². The fourth-order valence-electron chi connectivity index (χ4n) is 1.48. The standard InChI is InChI=1S/C12H19N3O2S/c1-8(2)15-11(16)6-10(12(13)17)14-7-9-4-3-5-18-9/h3-5,8,10,14H,6-7H2,1-2H3,(H2,13,17)(H,15,16). The SMILES string of the molecule is CC(C)NC(=O)CC(NCc1cccs1)C(N)=O. The topological polar surface area (TPSA) is 84.2 Å². The van der Waals surface area contributed by atoms with Crippen LogP contribution in [0.4, 0.5) is 0 Å². The highest BCUT2D eigenvalue weighted by Gasteiger charge is 2.19. The van der Waals surface area contributed by atoms with Gasteiger partial charge in [0, 0.05) is 17.5 Å². The molecule has 0 bridgehead atoms. The van der Waals surface area contributed by atoms with Crippen LogP contribution in [0.3, 0.4) is 0 Å². The molecule has 0 saturated heterocycles. The first-order valence-corrected chi connectivity index (χ1v) is 6.71. The molecule has 0 aliphatic heterocycles. The average Bonchev–Trinajstić information content (AvgIpc) is 2.75. The molecule has 0 aliphatic rings. The number of primary amides is 1. The molecule has 4 N–H and O–H groups in total. The second-order valence-corrected chi connectivity index (χ2v) is 5.37. The van der Waals surface area contributed by atoms with Gasteiger partial charge in [-0.25, -0.2) is 0 Å². The minimum atomic E-state index is -0.633. The summed E-state index contributed by atoms with van der Waals surface area (Å²) in [5.41, 5.74) is 5.28. The van der Waals surface area contributed by atoms with Crippen molar-refractivity contribution in [3.63, 3.8) is 0 Å². The van der Waals surface area contributed by atoms with Crippen molar-refractivity contribution in [3.05, 3.63) is 22.4 Å². The molecule has 0 radical (unpaired) electrons. The van der Waals surface area contributed by atoms with Crippen molar-refractivity contribution in [3.8, 4) is 0 Å². The molecule has 1 aromatic heterocycles. The first-order valence-electron chi connectivity index (χ1n) is 5.83. The van der Waals surface area contributed by atoms with Crippen molar-refractivity contribution in [2.45, 2.75) is 38.9 Å². The van der Waals surface area contributed by atoms with Crippen molar-refractivity contribution >= 4 is 23.2 Å². The summed E-state index contributed by atoms with van der Waals surface area (Å²) in [6.07, 6.45) is 0.0683. The maximum atomic E-state index is 11.6. The molecule has 5 nitrogen and oxygen atoms in total. The number of hydrogen-bond acceptors (Lipinski definition) is 4. The molecule has 0 spiro atoms. The lowest BCUT2D eigenvalue weighted by atomic mass is 10.1. The Balaban J connectivity index is 2.45. The number of nitrogens with one attached hydrogen (secondary N) is 2. The van der Waals surface area contributed by atoms with Crippen LogP contribution in [0.25, 0.3) is 0 Å². The second kappa shape index (κ2) is 7.13. The Bertz CT molecular complexity index is 390. The van der Waals surface area contributed by atoms with Gasteiger partial charge in [0.05, 0.1) is 12.5 Å². The molecule has 6 heteroatoms. The summed E-state index contributed by atoms with van der Waals surface area (Å²) in [5.74, 6) is -0.682. The van der Waals surface area contributed by atoms with Crippen LogP contribution >= 0.6 is 11.3 Å². The Morgan fingerprint density at radius 3 is 2.67 bits per heavy atom. The maximum absolute atomic E-state index is 11.6. The van der Waals surface area contributed by atoms with Crippen LogP contribution in [0.15, 0.2) is 17.5 Å². The van der Waals surface area contributed by atoms with Gasteiger partial charge in [-0.2, -0.15) is 0 Å². The summed E-state index contributed by atoms with van der Waals surface area (Å²) < 4.78 is 0. The van der Waals surface area contributed by atoms with Crippen molar-refractivity contribution in [2.75, 3.05) is 0 Å². The van der Waals surface area contributed by atoms with Crippen LogP contribution in [-0.4, -0.2) is 23.9 Å². The second-order valence-electron chi connectivity index (χ2n) is 4.34. The molecule has 0 aliphatic carbocycles. The molecule has 0 saturated carbocycles. The molecule has 1 heterocycles. The van der Waals surface area contributed by atoms with Crippen molar-refractivity contribution in [2.24, 2.45) is 5.73 Å². The third-order valence-electron chi connectivity index (χ3n) is 2.29. The monoisotopic (exact) mass is 269 g/mol. The van der Waals surface area contributed by atoms with Gasteiger partial charge in [-0.3, -0.25) is 9.59 Å². The van der Waals surface area contributed by atoms with Gasteiger partial charge in [-0.05, 0) is 25.3 Å². The molecular weight excluding hydrogens is 250 g/mol. The van der Waals surface area contributed by atoms with E-state index in [1.807, 2.05) is 31.4 Å². The van der Waals surface area contributed by atoms with Gasteiger partial charge in [0.25, 0.3) is 0 Å². The lowest BCUT2D eigenvalue weighted by Crippen LogP contribution is -2.45. The number of thiophene rings is 1. The van der Waals surface area contributed by atoms with E-state index in [1.165, 1.54) is 0 Å². The van der Waals surface area contributed by atoms with E-state index in [9.17, 15) is 9.59 Å². The maximum Gasteiger partial charge on any atom is 0.235 e. The number of carbonyl (C=O) groups excluding carboxylic acids is 2. The lowest BCUT2D eigenvalue weighted by Gasteiger charge is -2.15. The molecule has 0 fully saturated rings. The zero-order chi connectivity index (χ0) is 13.5. The van der Waals surface area contributed by atoms with Gasteiger partial charge < -0.3 is 16.4 Å². The third kappa shape index (κ3) is 5.29. The number of hydrogen-bond donors (Lipinski definition) is 3. The zero-order valence-corrected chi connectivity index (χ0v) is 11.4. The third-order valence-corrected chi connectivity index (χ3v) is 3.16. The smallest absolute Gasteiger partial charge is 0.235 e. The summed E-state index contributed by atoms with van der Waals surface area (Å²) in [6.45, 7) is 4.28. The Labute approximate surface area is 111 Å². The lowest BCUT2D eigenvalue weighted by molar-refractivity contribution is -0.127. The number of rotatable bonds is 7. The fourth-order valence-corrected chi connectivity index (χ4v) is 2.13. The molecule has 0 aromatic carbocycles. The van der Waals surface area contributed by atoms with E-state index in [1.54, 1.807) is 11.3 Å². The normalized spacial score (nSPS) is 12.4. The predicted molar refractivity (Wildman–Crippen MR) is 72.0 cm³/mol. The van der Waals surface area contributed by atoms with Crippen molar-refractivity contribution < 1.29 is 9.59 Å². The van der Waals surface area contributed by atoms with Crippen LogP contribution in [0.1, 0.15) is 25.1 Å². The fraction of sp³-hybridized carbons (Fsp3) is 0.500. The Kier molecular flexibility index (Phi) is 5.80. The van der Waals surface area contributed by atoms with Gasteiger partial charge in [0.2, 0.25) is 11.8 Å². The zero-order valence-electron chi connectivity index (χ0n) is 10.6. The quantitative estimate of drug-likeness (QED) is 0.678. The van der Waals surface area contributed by atoms with Crippen LogP contribution in [0.5, 0.6) is 0 Å². The molecule has 18 heavy (non-hydrogen) atoms. The summed E-state index contributed by atoms with van der Waals surface area (Å²) >= 11 is 1.59. The highest BCUT2D eigenvalue weighted by Crippen LogP contribution is 2.08. The minimum Gasteiger partial charge on any atom is -0.368 e. The van der Waals surface area contributed by atoms with E-state index in [2.05, 4.69) is 10.6 Å². The van der Waals surface area contributed by atoms with E-state index in [-0.39, 0.29) is 18.4 Å². The van der Waals surface area contributed by atoms with Crippen LogP contribution in [0.2, 0.25) is 0 Å². The van der Waals surface area contributed by atoms with Crippen LogP contribution < -0.4 is 16.4 Å². The van der Waals surface area contributed by atoms with Crippen molar-refractivity contribution in [1.82, 2.24) is 10.6 Å². The highest BCUT2D eigenvalue weighted by atomic mass is 32.1. The number of amides is 2. The van der Waals surface area contributed by atoms with Crippen molar-refractivity contribution in [1.29, 1.82) is 0 Å². The molecular formula is C12H19N3O2S. The molecule has 1 aromatic rings. The molecule has 1 unspecified atom stereocenters. The van der Waals surface area contributed by atoms with Gasteiger partial charge >= 0.3 is 0 Å². The highest BCUT2D eigenvalue weighted by molar-refractivity contribution is 7.09.